The third-order valence-electron chi connectivity index (χ3n) is 5.48. The van der Waals surface area contributed by atoms with Crippen molar-refractivity contribution in [1.29, 1.82) is 0 Å². The third-order valence-corrected chi connectivity index (χ3v) is 6.41. The molecule has 2 aromatic carbocycles. The Balaban J connectivity index is 1.35. The maximum Gasteiger partial charge on any atom is 0.231 e. The average Bonchev–Trinajstić information content (AvgIpc) is 3.34. The quantitative estimate of drug-likeness (QED) is 0.608. The standard InChI is InChI=1S/C23H25N3O4S/c1-14-4-6-17-20(10-14)31-23(24-17)25-22(28)16-12-21(27)26(13-16)9-8-15-5-7-18(29-2)19(11-15)30-3/h4-7,10-11,16H,8-9,12-13H2,1-3H3,(H,24,25,28). The first kappa shape index (κ1) is 21.1. The Hall–Kier alpha value is -3.13. The first-order valence-electron chi connectivity index (χ1n) is 10.1. The molecule has 1 aliphatic heterocycles. The lowest BCUT2D eigenvalue weighted by Gasteiger charge is -2.17. The first-order valence-corrected chi connectivity index (χ1v) is 10.9. The molecule has 162 valence electrons. The maximum atomic E-state index is 12.7. The molecule has 3 aromatic rings. The number of carbonyl (C=O) groups is 2. The minimum Gasteiger partial charge on any atom is -0.493 e. The van der Waals surface area contributed by atoms with E-state index in [1.165, 1.54) is 11.3 Å². The molecule has 7 nitrogen and oxygen atoms in total. The van der Waals surface area contributed by atoms with Gasteiger partial charge in [-0.1, -0.05) is 23.5 Å². The summed E-state index contributed by atoms with van der Waals surface area (Å²) in [5.41, 5.74) is 3.06. The van der Waals surface area contributed by atoms with Crippen LogP contribution in [0.3, 0.4) is 0 Å². The minimum atomic E-state index is -0.369. The molecule has 1 saturated heterocycles. The van der Waals surface area contributed by atoms with E-state index in [-0.39, 0.29) is 24.2 Å². The number of amides is 2. The number of methoxy groups -OCH3 is 2. The highest BCUT2D eigenvalue weighted by molar-refractivity contribution is 7.22. The number of hydrogen-bond donors (Lipinski definition) is 1. The topological polar surface area (TPSA) is 80.8 Å². The van der Waals surface area contributed by atoms with Crippen molar-refractivity contribution in [2.45, 2.75) is 19.8 Å². The number of nitrogens with one attached hydrogen (secondary N) is 1. The molecule has 1 aromatic heterocycles. The number of hydrogen-bond acceptors (Lipinski definition) is 6. The van der Waals surface area contributed by atoms with Crippen LogP contribution in [0.1, 0.15) is 17.5 Å². The molecule has 8 heteroatoms. The zero-order valence-electron chi connectivity index (χ0n) is 17.8. The summed E-state index contributed by atoms with van der Waals surface area (Å²) in [5.74, 6) is 0.811. The number of likely N-dealkylation sites (tertiary alicyclic amines) is 1. The van der Waals surface area contributed by atoms with Crippen LogP contribution in [0.5, 0.6) is 11.5 Å². The lowest BCUT2D eigenvalue weighted by molar-refractivity contribution is -0.128. The molecule has 0 saturated carbocycles. The van der Waals surface area contributed by atoms with Gasteiger partial charge in [-0.25, -0.2) is 4.98 Å². The van der Waals surface area contributed by atoms with E-state index in [0.717, 1.165) is 21.3 Å². The van der Waals surface area contributed by atoms with Crippen molar-refractivity contribution in [3.8, 4) is 11.5 Å². The molecule has 0 bridgehead atoms. The van der Waals surface area contributed by atoms with Gasteiger partial charge < -0.3 is 19.7 Å². The smallest absolute Gasteiger partial charge is 0.231 e. The van der Waals surface area contributed by atoms with Gasteiger partial charge in [-0.05, 0) is 48.7 Å². The molecular weight excluding hydrogens is 414 g/mol. The Morgan fingerprint density at radius 1 is 1.19 bits per heavy atom. The van der Waals surface area contributed by atoms with Gasteiger partial charge in [-0.15, -0.1) is 0 Å². The summed E-state index contributed by atoms with van der Waals surface area (Å²) in [4.78, 5) is 31.4. The van der Waals surface area contributed by atoms with Crippen LogP contribution in [0.4, 0.5) is 5.13 Å². The van der Waals surface area contributed by atoms with E-state index < -0.39 is 0 Å². The highest BCUT2D eigenvalue weighted by Gasteiger charge is 2.34. The maximum absolute atomic E-state index is 12.7. The Kier molecular flexibility index (Phi) is 6.08. The molecule has 2 amide bonds. The van der Waals surface area contributed by atoms with Gasteiger partial charge in [-0.3, -0.25) is 9.59 Å². The molecule has 0 spiro atoms. The van der Waals surface area contributed by atoms with Crippen molar-refractivity contribution in [2.24, 2.45) is 5.92 Å². The zero-order valence-corrected chi connectivity index (χ0v) is 18.6. The van der Waals surface area contributed by atoms with Crippen molar-refractivity contribution in [1.82, 2.24) is 9.88 Å². The van der Waals surface area contributed by atoms with Crippen LogP contribution < -0.4 is 14.8 Å². The summed E-state index contributed by atoms with van der Waals surface area (Å²) in [6.07, 6.45) is 0.902. The minimum absolute atomic E-state index is 0.000511. The van der Waals surface area contributed by atoms with Crippen LogP contribution in [0.15, 0.2) is 36.4 Å². The molecule has 1 fully saturated rings. The summed E-state index contributed by atoms with van der Waals surface area (Å²) in [7, 11) is 3.20. The monoisotopic (exact) mass is 439 g/mol. The van der Waals surface area contributed by atoms with Gasteiger partial charge in [0.05, 0.1) is 30.4 Å². The first-order chi connectivity index (χ1) is 15.0. The number of benzene rings is 2. The van der Waals surface area contributed by atoms with Crippen LogP contribution in [0.25, 0.3) is 10.2 Å². The van der Waals surface area contributed by atoms with E-state index in [1.54, 1.807) is 19.1 Å². The van der Waals surface area contributed by atoms with Crippen LogP contribution >= 0.6 is 11.3 Å². The van der Waals surface area contributed by atoms with Crippen LogP contribution in [-0.2, 0) is 16.0 Å². The van der Waals surface area contributed by atoms with Gasteiger partial charge in [0.2, 0.25) is 11.8 Å². The number of aromatic nitrogens is 1. The van der Waals surface area contributed by atoms with Crippen molar-refractivity contribution in [3.63, 3.8) is 0 Å². The van der Waals surface area contributed by atoms with Crippen molar-refractivity contribution in [2.75, 3.05) is 32.6 Å². The zero-order chi connectivity index (χ0) is 22.0. The van der Waals surface area contributed by atoms with E-state index in [1.807, 2.05) is 37.3 Å². The molecule has 1 N–H and O–H groups in total. The number of carbonyl (C=O) groups excluding carboxylic acids is 2. The highest BCUT2D eigenvalue weighted by Crippen LogP contribution is 2.29. The lowest BCUT2D eigenvalue weighted by Crippen LogP contribution is -2.30. The molecule has 31 heavy (non-hydrogen) atoms. The fourth-order valence-electron chi connectivity index (χ4n) is 3.76. The summed E-state index contributed by atoms with van der Waals surface area (Å²) in [6, 6.07) is 11.7. The summed E-state index contributed by atoms with van der Waals surface area (Å²) < 4.78 is 11.6. The Morgan fingerprint density at radius 2 is 2.00 bits per heavy atom. The average molecular weight is 440 g/mol. The van der Waals surface area contributed by atoms with E-state index in [0.29, 0.717) is 36.1 Å². The number of rotatable bonds is 7. The van der Waals surface area contributed by atoms with Gasteiger partial charge in [0.1, 0.15) is 0 Å². The molecule has 1 atom stereocenters. The molecule has 4 rings (SSSR count). The van der Waals surface area contributed by atoms with Crippen LogP contribution in [0, 0.1) is 12.8 Å². The van der Waals surface area contributed by atoms with Crippen molar-refractivity contribution >= 4 is 38.5 Å². The summed E-state index contributed by atoms with van der Waals surface area (Å²) in [6.45, 7) is 3.00. The second kappa shape index (κ2) is 8.93. The summed E-state index contributed by atoms with van der Waals surface area (Å²) >= 11 is 1.45. The normalized spacial score (nSPS) is 16.0. The second-order valence-electron chi connectivity index (χ2n) is 7.66. The fraction of sp³-hybridized carbons (Fsp3) is 0.348. The number of thiazole rings is 1. The molecule has 0 aliphatic carbocycles. The largest absolute Gasteiger partial charge is 0.493 e. The van der Waals surface area contributed by atoms with Crippen molar-refractivity contribution in [3.05, 3.63) is 47.5 Å². The van der Waals surface area contributed by atoms with E-state index in [2.05, 4.69) is 16.4 Å². The molecule has 2 heterocycles. The predicted octanol–water partition coefficient (Wildman–Crippen LogP) is 3.65. The van der Waals surface area contributed by atoms with Gasteiger partial charge in [-0.2, -0.15) is 0 Å². The molecule has 1 unspecified atom stereocenters. The van der Waals surface area contributed by atoms with Gasteiger partial charge >= 0.3 is 0 Å². The van der Waals surface area contributed by atoms with Gasteiger partial charge in [0.15, 0.2) is 16.6 Å². The Labute approximate surface area is 185 Å². The number of anilines is 1. The SMILES string of the molecule is COc1ccc(CCN2CC(C(=O)Nc3nc4ccc(C)cc4s3)CC2=O)cc1OC. The third kappa shape index (κ3) is 4.64. The fourth-order valence-corrected chi connectivity index (χ4v) is 4.72. The van der Waals surface area contributed by atoms with Gasteiger partial charge in [0, 0.05) is 19.5 Å². The predicted molar refractivity (Wildman–Crippen MR) is 121 cm³/mol. The van der Waals surface area contributed by atoms with E-state index >= 15 is 0 Å². The number of ether oxygens (including phenoxy) is 2. The number of fused-ring (bicyclic) bond motifs is 1. The highest BCUT2D eigenvalue weighted by atomic mass is 32.1. The van der Waals surface area contributed by atoms with Crippen molar-refractivity contribution < 1.29 is 19.1 Å². The number of nitrogens with zero attached hydrogens (tertiary/aromatic N) is 2. The lowest BCUT2D eigenvalue weighted by atomic mass is 10.1. The second-order valence-corrected chi connectivity index (χ2v) is 8.69. The van der Waals surface area contributed by atoms with Crippen LogP contribution in [0.2, 0.25) is 0 Å². The van der Waals surface area contributed by atoms with E-state index in [9.17, 15) is 9.59 Å². The number of aryl methyl sites for hydroxylation is 1. The molecule has 0 radical (unpaired) electrons. The van der Waals surface area contributed by atoms with Gasteiger partial charge in [0.25, 0.3) is 0 Å². The van der Waals surface area contributed by atoms with Crippen LogP contribution in [-0.4, -0.2) is 49.0 Å². The Bertz CT molecular complexity index is 1130. The summed E-state index contributed by atoms with van der Waals surface area (Å²) in [5, 5.41) is 3.47. The van der Waals surface area contributed by atoms with E-state index in [4.69, 9.17) is 9.47 Å². The molecular formula is C23H25N3O4S. The Morgan fingerprint density at radius 3 is 2.77 bits per heavy atom. The molecule has 1 aliphatic rings.